The van der Waals surface area contributed by atoms with Crippen LogP contribution < -0.4 is 5.73 Å². The number of para-hydroxylation sites is 1. The predicted octanol–water partition coefficient (Wildman–Crippen LogP) is 2.36. The monoisotopic (exact) mass is 246 g/mol. The second kappa shape index (κ2) is 4.39. The topological polar surface area (TPSA) is 74.5 Å². The maximum atomic E-state index is 9.06. The highest BCUT2D eigenvalue weighted by Crippen LogP contribution is 2.23. The van der Waals surface area contributed by atoms with Gasteiger partial charge >= 0.3 is 0 Å². The number of rotatable bonds is 1. The Morgan fingerprint density at radius 3 is 2.47 bits per heavy atom. The molecular formula is C15H10N4. The summed E-state index contributed by atoms with van der Waals surface area (Å²) in [4.78, 5) is 8.71. The molecule has 0 saturated heterocycles. The summed E-state index contributed by atoms with van der Waals surface area (Å²) < 4.78 is 0. The van der Waals surface area contributed by atoms with E-state index in [-0.39, 0.29) is 0 Å². The van der Waals surface area contributed by atoms with E-state index >= 15 is 0 Å². The first kappa shape index (κ1) is 11.2. The number of benzene rings is 2. The van der Waals surface area contributed by atoms with Gasteiger partial charge in [0.15, 0.2) is 5.84 Å². The molecular weight excluding hydrogens is 236 g/mol. The van der Waals surface area contributed by atoms with Gasteiger partial charge in [0.1, 0.15) is 11.9 Å². The van der Waals surface area contributed by atoms with Crippen LogP contribution in [0.15, 0.2) is 58.5 Å². The Morgan fingerprint density at radius 1 is 1.00 bits per heavy atom. The molecule has 19 heavy (non-hydrogen) atoms. The fourth-order valence-corrected chi connectivity index (χ4v) is 2.00. The molecule has 0 unspecified atom stereocenters. The molecule has 1 aliphatic heterocycles. The van der Waals surface area contributed by atoms with E-state index in [0.717, 1.165) is 11.1 Å². The lowest BCUT2D eigenvalue weighted by Crippen LogP contribution is -2.09. The third-order valence-electron chi connectivity index (χ3n) is 2.92. The fourth-order valence-electron chi connectivity index (χ4n) is 2.00. The molecule has 0 aromatic heterocycles. The average Bonchev–Trinajstić information content (AvgIpc) is 2.77. The van der Waals surface area contributed by atoms with Gasteiger partial charge in [-0.15, -0.1) is 0 Å². The molecule has 90 valence electrons. The van der Waals surface area contributed by atoms with Crippen molar-refractivity contribution in [2.75, 3.05) is 0 Å². The quantitative estimate of drug-likeness (QED) is 0.838. The largest absolute Gasteiger partial charge is 0.383 e. The van der Waals surface area contributed by atoms with Crippen LogP contribution in [0.3, 0.4) is 0 Å². The standard InChI is InChI=1S/C15H10N4/c16-9-10-5-1-4-8-13(10)18-15-12-7-3-2-6-11(12)14(17)19-15/h1-8H,(H2,17,18,19). The van der Waals surface area contributed by atoms with Crippen LogP contribution in [0.5, 0.6) is 0 Å². The highest BCUT2D eigenvalue weighted by atomic mass is 15.0. The van der Waals surface area contributed by atoms with Crippen molar-refractivity contribution in [3.8, 4) is 6.07 Å². The molecule has 0 atom stereocenters. The van der Waals surface area contributed by atoms with E-state index in [9.17, 15) is 0 Å². The molecule has 0 bridgehead atoms. The third kappa shape index (κ3) is 1.87. The first-order chi connectivity index (χ1) is 9.29. The van der Waals surface area contributed by atoms with E-state index in [1.165, 1.54) is 0 Å². The van der Waals surface area contributed by atoms with Gasteiger partial charge in [0, 0.05) is 11.1 Å². The van der Waals surface area contributed by atoms with Gasteiger partial charge in [-0.3, -0.25) is 0 Å². The van der Waals surface area contributed by atoms with Gasteiger partial charge in [0.05, 0.1) is 11.3 Å². The van der Waals surface area contributed by atoms with Gasteiger partial charge in [-0.05, 0) is 12.1 Å². The van der Waals surface area contributed by atoms with Crippen LogP contribution in [0, 0.1) is 11.3 Å². The van der Waals surface area contributed by atoms with E-state index in [2.05, 4.69) is 16.1 Å². The van der Waals surface area contributed by atoms with Crippen LogP contribution in [0.25, 0.3) is 0 Å². The lowest BCUT2D eigenvalue weighted by Gasteiger charge is -2.00. The zero-order valence-electron chi connectivity index (χ0n) is 10.0. The minimum atomic E-state index is 0.462. The number of hydrogen-bond acceptors (Lipinski definition) is 3. The van der Waals surface area contributed by atoms with Crippen molar-refractivity contribution in [2.24, 2.45) is 15.7 Å². The number of aliphatic imine (C=N–C) groups is 2. The van der Waals surface area contributed by atoms with Gasteiger partial charge < -0.3 is 5.73 Å². The first-order valence-corrected chi connectivity index (χ1v) is 5.81. The fraction of sp³-hybridized carbons (Fsp3) is 0. The summed E-state index contributed by atoms with van der Waals surface area (Å²) in [5.41, 5.74) is 8.77. The maximum absolute atomic E-state index is 9.06. The normalized spacial score (nSPS) is 14.9. The second-order valence-corrected chi connectivity index (χ2v) is 4.11. The lowest BCUT2D eigenvalue weighted by molar-refractivity contribution is 1.42. The Morgan fingerprint density at radius 2 is 1.68 bits per heavy atom. The van der Waals surface area contributed by atoms with Crippen molar-refractivity contribution in [1.82, 2.24) is 0 Å². The number of amidine groups is 2. The van der Waals surface area contributed by atoms with E-state index in [1.807, 2.05) is 36.4 Å². The summed E-state index contributed by atoms with van der Waals surface area (Å²) >= 11 is 0. The molecule has 1 heterocycles. The van der Waals surface area contributed by atoms with Gasteiger partial charge in [0.25, 0.3) is 0 Å². The average molecular weight is 246 g/mol. The number of nitriles is 1. The van der Waals surface area contributed by atoms with Crippen molar-refractivity contribution < 1.29 is 0 Å². The molecule has 2 aromatic carbocycles. The van der Waals surface area contributed by atoms with Gasteiger partial charge in [-0.1, -0.05) is 36.4 Å². The van der Waals surface area contributed by atoms with Crippen LogP contribution in [0.4, 0.5) is 5.69 Å². The molecule has 2 N–H and O–H groups in total. The second-order valence-electron chi connectivity index (χ2n) is 4.11. The predicted molar refractivity (Wildman–Crippen MR) is 74.5 cm³/mol. The van der Waals surface area contributed by atoms with Crippen molar-refractivity contribution >= 4 is 17.4 Å². The molecule has 0 spiro atoms. The summed E-state index contributed by atoms with van der Waals surface area (Å²) in [7, 11) is 0. The van der Waals surface area contributed by atoms with E-state index < -0.39 is 0 Å². The van der Waals surface area contributed by atoms with Crippen LogP contribution in [-0.2, 0) is 0 Å². The van der Waals surface area contributed by atoms with Gasteiger partial charge in [0.2, 0.25) is 0 Å². The van der Waals surface area contributed by atoms with Gasteiger partial charge in [-0.2, -0.15) is 5.26 Å². The first-order valence-electron chi connectivity index (χ1n) is 5.81. The minimum absolute atomic E-state index is 0.462. The summed E-state index contributed by atoms with van der Waals surface area (Å²) in [6.45, 7) is 0. The van der Waals surface area contributed by atoms with Gasteiger partial charge in [-0.25, -0.2) is 9.98 Å². The van der Waals surface area contributed by atoms with Crippen LogP contribution in [0.2, 0.25) is 0 Å². The highest BCUT2D eigenvalue weighted by Gasteiger charge is 2.18. The number of nitrogens with zero attached hydrogens (tertiary/aromatic N) is 3. The summed E-state index contributed by atoms with van der Waals surface area (Å²) in [6, 6.07) is 16.9. The lowest BCUT2D eigenvalue weighted by atomic mass is 10.1. The Labute approximate surface area is 110 Å². The SMILES string of the molecule is N#Cc1ccccc1N=C1N=C(N)c2ccccc21. The van der Waals surface area contributed by atoms with Crippen molar-refractivity contribution in [1.29, 1.82) is 5.26 Å². The zero-order chi connectivity index (χ0) is 13.2. The number of hydrogen-bond donors (Lipinski definition) is 1. The molecule has 2 aromatic rings. The zero-order valence-corrected chi connectivity index (χ0v) is 10.0. The highest BCUT2D eigenvalue weighted by molar-refractivity contribution is 6.22. The van der Waals surface area contributed by atoms with E-state index in [4.69, 9.17) is 11.0 Å². The van der Waals surface area contributed by atoms with E-state index in [0.29, 0.717) is 22.9 Å². The Hall–Kier alpha value is -2.93. The molecule has 4 nitrogen and oxygen atoms in total. The Balaban J connectivity index is 2.15. The Bertz CT molecular complexity index is 751. The summed E-state index contributed by atoms with van der Waals surface area (Å²) in [6.07, 6.45) is 0. The van der Waals surface area contributed by atoms with E-state index in [1.54, 1.807) is 12.1 Å². The maximum Gasteiger partial charge on any atom is 0.162 e. The smallest absolute Gasteiger partial charge is 0.162 e. The molecule has 0 fully saturated rings. The molecule has 1 aliphatic rings. The molecule has 0 saturated carbocycles. The third-order valence-corrected chi connectivity index (χ3v) is 2.92. The Kier molecular flexibility index (Phi) is 2.58. The van der Waals surface area contributed by atoms with Crippen molar-refractivity contribution in [2.45, 2.75) is 0 Å². The van der Waals surface area contributed by atoms with Crippen LogP contribution in [0.1, 0.15) is 16.7 Å². The van der Waals surface area contributed by atoms with Crippen molar-refractivity contribution in [3.05, 3.63) is 65.2 Å². The molecule has 0 amide bonds. The molecule has 0 radical (unpaired) electrons. The van der Waals surface area contributed by atoms with Crippen LogP contribution >= 0.6 is 0 Å². The number of nitrogens with two attached hydrogens (primary N) is 1. The summed E-state index contributed by atoms with van der Waals surface area (Å²) in [5, 5.41) is 9.06. The molecule has 4 heteroatoms. The summed E-state index contributed by atoms with van der Waals surface area (Å²) in [5.74, 6) is 1.01. The minimum Gasteiger partial charge on any atom is -0.383 e. The van der Waals surface area contributed by atoms with Crippen LogP contribution in [-0.4, -0.2) is 11.7 Å². The molecule has 3 rings (SSSR count). The number of fused-ring (bicyclic) bond motifs is 1. The molecule has 0 aliphatic carbocycles. The van der Waals surface area contributed by atoms with Crippen molar-refractivity contribution in [3.63, 3.8) is 0 Å².